The molecule has 3 amide bonds. The number of halogens is 1. The van der Waals surface area contributed by atoms with Gasteiger partial charge < -0.3 is 26.6 Å². The van der Waals surface area contributed by atoms with Crippen molar-refractivity contribution in [1.82, 2.24) is 20.6 Å². The number of hydrogen-bond donors (Lipinski definition) is 5. The van der Waals surface area contributed by atoms with Gasteiger partial charge in [-0.1, -0.05) is 11.6 Å². The maximum absolute atomic E-state index is 11.9. The van der Waals surface area contributed by atoms with Crippen LogP contribution in [0.1, 0.15) is 16.9 Å². The van der Waals surface area contributed by atoms with E-state index >= 15 is 0 Å². The molecular formula is C15H17ClN6O4. The number of benzene rings is 1. The van der Waals surface area contributed by atoms with Crippen LogP contribution in [0.25, 0.3) is 0 Å². The lowest BCUT2D eigenvalue weighted by Gasteiger charge is -2.09. The summed E-state index contributed by atoms with van der Waals surface area (Å²) in [6, 6.07) is 5.53. The van der Waals surface area contributed by atoms with E-state index in [-0.39, 0.29) is 34.8 Å². The number of hydrogen-bond acceptors (Lipinski definition) is 8. The third kappa shape index (κ3) is 5.38. The number of imide groups is 1. The molecule has 10 nitrogen and oxygen atoms in total. The molecule has 0 aliphatic rings. The highest BCUT2D eigenvalue weighted by atomic mass is 35.5. The number of phenolic OH excluding ortho intramolecular Hbond substituents is 1. The van der Waals surface area contributed by atoms with Crippen molar-refractivity contribution in [2.45, 2.75) is 6.42 Å². The molecule has 1 heterocycles. The van der Waals surface area contributed by atoms with Crippen LogP contribution in [0.2, 0.25) is 5.15 Å². The number of nitrogen functional groups attached to an aromatic ring is 2. The van der Waals surface area contributed by atoms with E-state index in [1.165, 1.54) is 12.1 Å². The Bertz CT molecular complexity index is 799. The summed E-state index contributed by atoms with van der Waals surface area (Å²) in [7, 11) is 0. The average Bonchev–Trinajstić information content (AvgIpc) is 2.59. The normalized spacial score (nSPS) is 10.2. The van der Waals surface area contributed by atoms with Crippen molar-refractivity contribution >= 4 is 35.2 Å². The molecule has 0 atom stereocenters. The molecule has 138 valence electrons. The molecule has 0 fully saturated rings. The van der Waals surface area contributed by atoms with Gasteiger partial charge >= 0.3 is 6.03 Å². The lowest BCUT2D eigenvalue weighted by Crippen LogP contribution is -2.40. The second-order valence-corrected chi connectivity index (χ2v) is 5.40. The lowest BCUT2D eigenvalue weighted by molar-refractivity contribution is 0.0960. The highest BCUT2D eigenvalue weighted by molar-refractivity contribution is 6.31. The molecule has 2 aromatic rings. The van der Waals surface area contributed by atoms with Gasteiger partial charge in [-0.15, -0.1) is 0 Å². The third-order valence-electron chi connectivity index (χ3n) is 3.06. The van der Waals surface area contributed by atoms with Crippen molar-refractivity contribution in [1.29, 1.82) is 0 Å². The van der Waals surface area contributed by atoms with Gasteiger partial charge in [0.05, 0.1) is 6.61 Å². The molecule has 0 unspecified atom stereocenters. The van der Waals surface area contributed by atoms with Gasteiger partial charge in [0, 0.05) is 6.54 Å². The van der Waals surface area contributed by atoms with E-state index in [0.29, 0.717) is 18.8 Å². The molecule has 0 saturated carbocycles. The Morgan fingerprint density at radius 1 is 1.15 bits per heavy atom. The highest BCUT2D eigenvalue weighted by Gasteiger charge is 2.17. The van der Waals surface area contributed by atoms with Crippen molar-refractivity contribution in [3.63, 3.8) is 0 Å². The molecule has 7 N–H and O–H groups in total. The summed E-state index contributed by atoms with van der Waals surface area (Å²) in [6.45, 7) is 0.603. The predicted molar refractivity (Wildman–Crippen MR) is 95.0 cm³/mol. The summed E-state index contributed by atoms with van der Waals surface area (Å²) in [5, 5.41) is 13.5. The summed E-state index contributed by atoms with van der Waals surface area (Å²) in [5.41, 5.74) is 10.7. The number of ether oxygens (including phenoxy) is 1. The van der Waals surface area contributed by atoms with E-state index < -0.39 is 11.9 Å². The number of carbonyl (C=O) groups is 2. The van der Waals surface area contributed by atoms with Gasteiger partial charge in [0.15, 0.2) is 22.5 Å². The van der Waals surface area contributed by atoms with Crippen molar-refractivity contribution in [3.8, 4) is 11.5 Å². The first-order valence-corrected chi connectivity index (χ1v) is 7.84. The monoisotopic (exact) mass is 380 g/mol. The van der Waals surface area contributed by atoms with E-state index in [0.717, 1.165) is 0 Å². The molecule has 1 aromatic heterocycles. The number of rotatable bonds is 6. The molecule has 0 aliphatic heterocycles. The topological polar surface area (TPSA) is 165 Å². The number of carbonyl (C=O) groups excluding carboxylic acids is 2. The number of aromatic hydroxyl groups is 1. The smallest absolute Gasteiger partial charge is 0.321 e. The van der Waals surface area contributed by atoms with Crippen molar-refractivity contribution in [3.05, 3.63) is 35.1 Å². The first kappa shape index (κ1) is 19.1. The van der Waals surface area contributed by atoms with Gasteiger partial charge in [-0.3, -0.25) is 10.1 Å². The Morgan fingerprint density at radius 3 is 2.54 bits per heavy atom. The maximum atomic E-state index is 11.9. The first-order valence-electron chi connectivity index (χ1n) is 7.46. The van der Waals surface area contributed by atoms with Crippen LogP contribution < -0.4 is 26.8 Å². The molecule has 1 aromatic carbocycles. The van der Waals surface area contributed by atoms with Crippen LogP contribution in [0, 0.1) is 0 Å². The summed E-state index contributed by atoms with van der Waals surface area (Å²) in [6.07, 6.45) is 0.498. The quantitative estimate of drug-likeness (QED) is 0.461. The first-order chi connectivity index (χ1) is 12.4. The van der Waals surface area contributed by atoms with Crippen molar-refractivity contribution in [2.24, 2.45) is 0 Å². The van der Waals surface area contributed by atoms with E-state index in [4.69, 9.17) is 32.9 Å². The summed E-state index contributed by atoms with van der Waals surface area (Å²) < 4.78 is 5.42. The second kappa shape index (κ2) is 8.72. The Morgan fingerprint density at radius 2 is 1.85 bits per heavy atom. The van der Waals surface area contributed by atoms with Gasteiger partial charge in [0.1, 0.15) is 11.5 Å². The van der Waals surface area contributed by atoms with E-state index in [2.05, 4.69) is 20.6 Å². The van der Waals surface area contributed by atoms with Crippen LogP contribution in [-0.2, 0) is 0 Å². The van der Waals surface area contributed by atoms with E-state index in [1.54, 1.807) is 12.1 Å². The standard InChI is InChI=1S/C15H17ClN6O4/c16-11-13(18)21-12(17)10(20-11)14(24)22-15(25)19-6-1-7-26-9-4-2-8(23)3-5-9/h2-5,23H,1,6-7H2,(H4,17,18,21)(H2,19,22,24,25). The Kier molecular flexibility index (Phi) is 6.39. The number of amides is 3. The minimum absolute atomic E-state index is 0.112. The molecule has 0 aliphatic carbocycles. The Hall–Kier alpha value is -3.27. The average molecular weight is 381 g/mol. The molecule has 11 heteroatoms. The number of nitrogens with one attached hydrogen (secondary N) is 2. The number of phenols is 1. The number of nitrogens with two attached hydrogens (primary N) is 2. The fourth-order valence-electron chi connectivity index (χ4n) is 1.82. The van der Waals surface area contributed by atoms with Crippen LogP contribution in [0.4, 0.5) is 16.4 Å². The van der Waals surface area contributed by atoms with Gasteiger partial charge in [-0.2, -0.15) is 0 Å². The van der Waals surface area contributed by atoms with Crippen molar-refractivity contribution in [2.75, 3.05) is 24.6 Å². The summed E-state index contributed by atoms with van der Waals surface area (Å²) in [4.78, 5) is 31.0. The second-order valence-electron chi connectivity index (χ2n) is 5.04. The Balaban J connectivity index is 1.72. The molecule has 26 heavy (non-hydrogen) atoms. The summed E-state index contributed by atoms with van der Waals surface area (Å²) in [5.74, 6) is -0.460. The zero-order valence-corrected chi connectivity index (χ0v) is 14.3. The molecular weight excluding hydrogens is 364 g/mol. The summed E-state index contributed by atoms with van der Waals surface area (Å²) >= 11 is 5.68. The number of anilines is 2. The lowest BCUT2D eigenvalue weighted by atomic mass is 10.3. The van der Waals surface area contributed by atoms with Crippen LogP contribution >= 0.6 is 11.6 Å². The van der Waals surface area contributed by atoms with Gasteiger partial charge in [-0.25, -0.2) is 14.8 Å². The maximum Gasteiger partial charge on any atom is 0.321 e. The molecule has 0 bridgehead atoms. The zero-order chi connectivity index (χ0) is 19.1. The van der Waals surface area contributed by atoms with Gasteiger partial charge in [-0.05, 0) is 30.7 Å². The third-order valence-corrected chi connectivity index (χ3v) is 3.34. The molecule has 0 saturated heterocycles. The number of nitrogens with zero attached hydrogens (tertiary/aromatic N) is 2. The minimum atomic E-state index is -0.852. The van der Waals surface area contributed by atoms with E-state index in [9.17, 15) is 9.59 Å². The van der Waals surface area contributed by atoms with E-state index in [1.807, 2.05) is 0 Å². The number of aromatic nitrogens is 2. The van der Waals surface area contributed by atoms with Crippen molar-refractivity contribution < 1.29 is 19.4 Å². The van der Waals surface area contributed by atoms with Crippen LogP contribution in [0.5, 0.6) is 11.5 Å². The Labute approximate surface area is 153 Å². The molecule has 0 spiro atoms. The van der Waals surface area contributed by atoms with Gasteiger partial charge in [0.25, 0.3) is 5.91 Å². The van der Waals surface area contributed by atoms with Crippen LogP contribution in [0.3, 0.4) is 0 Å². The highest BCUT2D eigenvalue weighted by Crippen LogP contribution is 2.17. The SMILES string of the molecule is Nc1nc(N)c(C(=O)NC(=O)NCCCOc2ccc(O)cc2)nc1Cl. The molecule has 2 rings (SSSR count). The fourth-order valence-corrected chi connectivity index (χ4v) is 1.95. The largest absolute Gasteiger partial charge is 0.508 e. The molecule has 0 radical (unpaired) electrons. The van der Waals surface area contributed by atoms with Crippen LogP contribution in [0.15, 0.2) is 24.3 Å². The number of urea groups is 1. The predicted octanol–water partition coefficient (Wildman–Crippen LogP) is 0.908. The van der Waals surface area contributed by atoms with Crippen LogP contribution in [-0.4, -0.2) is 40.2 Å². The fraction of sp³-hybridized carbons (Fsp3) is 0.200. The van der Waals surface area contributed by atoms with Gasteiger partial charge in [0.2, 0.25) is 0 Å². The zero-order valence-electron chi connectivity index (χ0n) is 13.5. The minimum Gasteiger partial charge on any atom is -0.508 e.